The largest absolute Gasteiger partial charge is 0.447 e. The van der Waals surface area contributed by atoms with Crippen LogP contribution in [-0.2, 0) is 9.47 Å². The molecule has 6 heteroatoms. The van der Waals surface area contributed by atoms with Crippen molar-refractivity contribution in [3.05, 3.63) is 35.9 Å². The van der Waals surface area contributed by atoms with E-state index in [0.29, 0.717) is 12.0 Å². The van der Waals surface area contributed by atoms with Gasteiger partial charge in [-0.2, -0.15) is 15.8 Å². The highest BCUT2D eigenvalue weighted by atomic mass is 16.7. The highest BCUT2D eigenvalue weighted by Gasteiger charge is 2.78. The van der Waals surface area contributed by atoms with E-state index in [0.717, 1.165) is 0 Å². The summed E-state index contributed by atoms with van der Waals surface area (Å²) >= 11 is 0. The van der Waals surface area contributed by atoms with E-state index in [9.17, 15) is 15.8 Å². The van der Waals surface area contributed by atoms with E-state index in [1.165, 1.54) is 0 Å². The summed E-state index contributed by atoms with van der Waals surface area (Å²) in [6.07, 6.45) is -0.580. The minimum absolute atomic E-state index is 0.360. The molecule has 120 valence electrons. The first kappa shape index (κ1) is 16.0. The van der Waals surface area contributed by atoms with Gasteiger partial charge in [-0.25, -0.2) is 0 Å². The van der Waals surface area contributed by atoms with Crippen LogP contribution in [0.5, 0.6) is 0 Å². The second-order valence-electron chi connectivity index (χ2n) is 6.18. The maximum atomic E-state index is 9.95. The van der Waals surface area contributed by atoms with Gasteiger partial charge in [-0.05, 0) is 5.56 Å². The first-order valence-electron chi connectivity index (χ1n) is 7.72. The molecule has 2 bridgehead atoms. The Kier molecular flexibility index (Phi) is 3.37. The van der Waals surface area contributed by atoms with Crippen molar-refractivity contribution in [1.82, 2.24) is 0 Å². The number of rotatable bonds is 2. The van der Waals surface area contributed by atoms with Gasteiger partial charge in [0.15, 0.2) is 5.41 Å². The summed E-state index contributed by atoms with van der Waals surface area (Å²) in [5, 5.41) is 38.1. The van der Waals surface area contributed by atoms with Crippen molar-refractivity contribution in [3.63, 3.8) is 0 Å². The number of nitrogens with zero attached hydrogens (tertiary/aromatic N) is 3. The summed E-state index contributed by atoms with van der Waals surface area (Å²) in [6.45, 7) is 3.55. The van der Waals surface area contributed by atoms with Crippen molar-refractivity contribution < 1.29 is 9.47 Å². The van der Waals surface area contributed by atoms with Crippen LogP contribution in [0.15, 0.2) is 30.3 Å². The van der Waals surface area contributed by atoms with Crippen molar-refractivity contribution in [1.29, 1.82) is 21.2 Å². The molecule has 1 N–H and O–H groups in total. The van der Waals surface area contributed by atoms with Gasteiger partial charge in [0.05, 0.1) is 24.1 Å². The van der Waals surface area contributed by atoms with Gasteiger partial charge in [-0.15, -0.1) is 0 Å². The molecule has 24 heavy (non-hydrogen) atoms. The normalized spacial score (nSPS) is 36.0. The van der Waals surface area contributed by atoms with Crippen LogP contribution in [0.25, 0.3) is 0 Å². The predicted molar refractivity (Wildman–Crippen MR) is 83.0 cm³/mol. The van der Waals surface area contributed by atoms with Crippen LogP contribution in [0.4, 0.5) is 0 Å². The van der Waals surface area contributed by atoms with E-state index >= 15 is 0 Å². The molecule has 0 aliphatic carbocycles. The molecular weight excluding hydrogens is 304 g/mol. The smallest absolute Gasteiger partial charge is 0.217 e. The van der Waals surface area contributed by atoms with Gasteiger partial charge >= 0.3 is 0 Å². The minimum Gasteiger partial charge on any atom is -0.447 e. The molecule has 6 nitrogen and oxygen atoms in total. The van der Waals surface area contributed by atoms with E-state index in [1.807, 2.05) is 25.1 Å². The molecule has 1 aromatic rings. The van der Waals surface area contributed by atoms with Crippen LogP contribution in [0, 0.1) is 56.2 Å². The van der Waals surface area contributed by atoms with E-state index in [4.69, 9.17) is 14.9 Å². The van der Waals surface area contributed by atoms with Crippen LogP contribution in [0.3, 0.4) is 0 Å². The van der Waals surface area contributed by atoms with Gasteiger partial charge in [0.2, 0.25) is 17.1 Å². The highest BCUT2D eigenvalue weighted by Crippen LogP contribution is 2.66. The number of nitrogens with one attached hydrogen (secondary N) is 1. The Morgan fingerprint density at radius 3 is 2.25 bits per heavy atom. The molecule has 2 heterocycles. The number of hydrogen-bond donors (Lipinski definition) is 1. The Bertz CT molecular complexity index is 802. The van der Waals surface area contributed by atoms with Crippen LogP contribution < -0.4 is 0 Å². The first-order valence-corrected chi connectivity index (χ1v) is 7.72. The molecule has 0 aromatic heterocycles. The van der Waals surface area contributed by atoms with Crippen molar-refractivity contribution in [2.75, 3.05) is 0 Å². The summed E-state index contributed by atoms with van der Waals surface area (Å²) in [4.78, 5) is 0. The molecule has 0 saturated carbocycles. The lowest BCUT2D eigenvalue weighted by Gasteiger charge is -2.48. The Labute approximate surface area is 140 Å². The summed E-state index contributed by atoms with van der Waals surface area (Å²) in [5.74, 6) is -2.17. The third-order valence-corrected chi connectivity index (χ3v) is 5.40. The third-order valence-electron chi connectivity index (χ3n) is 5.40. The van der Waals surface area contributed by atoms with E-state index in [-0.39, 0.29) is 5.90 Å². The van der Waals surface area contributed by atoms with E-state index < -0.39 is 28.6 Å². The molecule has 0 radical (unpaired) electrons. The SMILES string of the molecule is CC[C@]12OC(=N)[C@](C#N)([C@H]1C)C(C#N)(C#N)[C@H](c1ccccc1)O2. The monoisotopic (exact) mass is 320 g/mol. The Morgan fingerprint density at radius 2 is 1.75 bits per heavy atom. The second kappa shape index (κ2) is 5.06. The Balaban J connectivity index is 2.34. The minimum atomic E-state index is -1.87. The number of fused-ring (bicyclic) bond motifs is 2. The lowest BCUT2D eigenvalue weighted by Crippen LogP contribution is -2.58. The van der Waals surface area contributed by atoms with Gasteiger partial charge in [0.25, 0.3) is 0 Å². The fraction of sp³-hybridized carbons (Fsp3) is 0.444. The molecule has 2 aliphatic heterocycles. The van der Waals surface area contributed by atoms with Gasteiger partial charge in [-0.1, -0.05) is 44.2 Å². The quantitative estimate of drug-likeness (QED) is 0.899. The maximum absolute atomic E-state index is 9.95. The number of ether oxygens (including phenoxy) is 2. The van der Waals surface area contributed by atoms with E-state index in [2.05, 4.69) is 6.07 Å². The molecule has 1 aromatic carbocycles. The highest BCUT2D eigenvalue weighted by molar-refractivity contribution is 5.89. The number of benzene rings is 1. The zero-order valence-corrected chi connectivity index (χ0v) is 13.4. The molecule has 0 amide bonds. The number of nitriles is 3. The maximum Gasteiger partial charge on any atom is 0.217 e. The average molecular weight is 320 g/mol. The molecule has 0 spiro atoms. The molecule has 2 aliphatic rings. The second-order valence-corrected chi connectivity index (χ2v) is 6.18. The van der Waals surface area contributed by atoms with Gasteiger partial charge < -0.3 is 9.47 Å². The first-order chi connectivity index (χ1) is 11.5. The average Bonchev–Trinajstić information content (AvgIpc) is 2.78. The lowest BCUT2D eigenvalue weighted by molar-refractivity contribution is -0.280. The van der Waals surface area contributed by atoms with Crippen molar-refractivity contribution >= 4 is 5.90 Å². The van der Waals surface area contributed by atoms with Crippen molar-refractivity contribution in [3.8, 4) is 18.2 Å². The van der Waals surface area contributed by atoms with Crippen LogP contribution in [-0.4, -0.2) is 11.7 Å². The van der Waals surface area contributed by atoms with E-state index in [1.54, 1.807) is 31.2 Å². The topological polar surface area (TPSA) is 114 Å². The summed E-state index contributed by atoms with van der Waals surface area (Å²) in [5.41, 5.74) is -2.93. The Morgan fingerprint density at radius 1 is 1.12 bits per heavy atom. The van der Waals surface area contributed by atoms with Crippen LogP contribution in [0.1, 0.15) is 31.9 Å². The zero-order chi connectivity index (χ0) is 17.6. The third kappa shape index (κ3) is 1.53. The zero-order valence-electron chi connectivity index (χ0n) is 13.4. The van der Waals surface area contributed by atoms with Crippen LogP contribution >= 0.6 is 0 Å². The fourth-order valence-electron chi connectivity index (χ4n) is 3.97. The van der Waals surface area contributed by atoms with Gasteiger partial charge in [0, 0.05) is 6.42 Å². The molecule has 4 atom stereocenters. The Hall–Kier alpha value is -2.88. The molecule has 0 unspecified atom stereocenters. The predicted octanol–water partition coefficient (Wildman–Crippen LogP) is 3.05. The van der Waals surface area contributed by atoms with Gasteiger partial charge in [0.1, 0.15) is 6.10 Å². The fourth-order valence-corrected chi connectivity index (χ4v) is 3.97. The molecule has 3 rings (SSSR count). The summed E-state index contributed by atoms with van der Waals surface area (Å²) in [6, 6.07) is 15.0. The number of hydrogen-bond acceptors (Lipinski definition) is 6. The molecule has 2 saturated heterocycles. The van der Waals surface area contributed by atoms with Gasteiger partial charge in [-0.3, -0.25) is 5.41 Å². The molecular formula is C18H16N4O2. The molecule has 2 fully saturated rings. The summed E-state index contributed by atoms with van der Waals surface area (Å²) in [7, 11) is 0. The summed E-state index contributed by atoms with van der Waals surface area (Å²) < 4.78 is 11.8. The van der Waals surface area contributed by atoms with Crippen molar-refractivity contribution in [2.45, 2.75) is 32.2 Å². The standard InChI is InChI=1S/C18H16N4O2/c1-3-18-12(2)17(11-21,15(22)24-18)16(9-19,10-20)14(23-18)13-7-5-4-6-8-13/h4-8,12,14,22H,3H2,1-2H3/t12-,14+,17+,18+/m1/s1. The lowest BCUT2D eigenvalue weighted by atomic mass is 9.53. The van der Waals surface area contributed by atoms with Crippen molar-refractivity contribution in [2.24, 2.45) is 16.7 Å². The van der Waals surface area contributed by atoms with Crippen LogP contribution in [0.2, 0.25) is 0 Å².